The molecule has 0 saturated carbocycles. The molecule has 5 aromatic carbocycles. The maximum Gasteiger partial charge on any atom is 0.0575 e. The average molecular weight is 426 g/mol. The lowest BCUT2D eigenvalue weighted by Crippen LogP contribution is -1.94. The van der Waals surface area contributed by atoms with Crippen molar-refractivity contribution in [2.24, 2.45) is 7.05 Å². The molecule has 0 N–H and O–H groups in total. The van der Waals surface area contributed by atoms with E-state index in [1.807, 2.05) is 0 Å². The molecule has 0 bridgehead atoms. The average Bonchev–Trinajstić information content (AvgIpc) is 3.12. The Labute approximate surface area is 194 Å². The van der Waals surface area contributed by atoms with Crippen molar-refractivity contribution in [2.75, 3.05) is 0 Å². The van der Waals surface area contributed by atoms with Crippen LogP contribution in [0.25, 0.3) is 54.8 Å². The smallest absolute Gasteiger partial charge is 0.0575 e. The zero-order valence-electron chi connectivity index (χ0n) is 19.6. The first kappa shape index (κ1) is 19.8. The van der Waals surface area contributed by atoms with Crippen molar-refractivity contribution in [3.05, 3.63) is 108 Å². The minimum atomic E-state index is 1.26. The van der Waals surface area contributed by atoms with Gasteiger partial charge >= 0.3 is 0 Å². The number of para-hydroxylation sites is 1. The highest BCUT2D eigenvalue weighted by atomic mass is 14.9. The van der Waals surface area contributed by atoms with E-state index in [2.05, 4.69) is 123 Å². The molecule has 1 heteroatoms. The molecule has 0 fully saturated rings. The highest BCUT2D eigenvalue weighted by Gasteiger charge is 2.22. The summed E-state index contributed by atoms with van der Waals surface area (Å²) in [5, 5.41) is 5.26. The van der Waals surface area contributed by atoms with E-state index in [4.69, 9.17) is 0 Å². The number of fused-ring (bicyclic) bond motifs is 5. The van der Waals surface area contributed by atoms with E-state index in [1.165, 1.54) is 71.5 Å². The van der Waals surface area contributed by atoms with Crippen molar-refractivity contribution in [1.29, 1.82) is 0 Å². The summed E-state index contributed by atoms with van der Waals surface area (Å²) >= 11 is 0. The van der Waals surface area contributed by atoms with Crippen LogP contribution < -0.4 is 0 Å². The number of aromatic nitrogens is 1. The van der Waals surface area contributed by atoms with Gasteiger partial charge in [-0.25, -0.2) is 0 Å². The molecular weight excluding hydrogens is 398 g/mol. The molecule has 0 aliphatic rings. The van der Waals surface area contributed by atoms with Gasteiger partial charge in [0.2, 0.25) is 0 Å². The van der Waals surface area contributed by atoms with Gasteiger partial charge in [0.05, 0.1) is 5.52 Å². The van der Waals surface area contributed by atoms with Crippen molar-refractivity contribution in [3.63, 3.8) is 0 Å². The highest BCUT2D eigenvalue weighted by molar-refractivity contribution is 6.28. The van der Waals surface area contributed by atoms with Gasteiger partial charge in [0.15, 0.2) is 0 Å². The lowest BCUT2D eigenvalue weighted by molar-refractivity contribution is 1.02. The van der Waals surface area contributed by atoms with Gasteiger partial charge in [0.1, 0.15) is 0 Å². The number of aryl methyl sites for hydroxylation is 4. The van der Waals surface area contributed by atoms with Gasteiger partial charge in [-0.2, -0.15) is 0 Å². The fraction of sp³-hybridized carbons (Fsp3) is 0.125. The maximum absolute atomic E-state index is 2.37. The molecule has 0 aliphatic heterocycles. The fourth-order valence-electron chi connectivity index (χ4n) is 5.32. The molecule has 0 saturated heterocycles. The van der Waals surface area contributed by atoms with Crippen LogP contribution in [0.1, 0.15) is 16.7 Å². The Kier molecular flexibility index (Phi) is 4.41. The van der Waals surface area contributed by atoms with Crippen molar-refractivity contribution >= 4 is 32.6 Å². The molecular formula is C32H27N. The summed E-state index contributed by atoms with van der Waals surface area (Å²) in [5.74, 6) is 0. The summed E-state index contributed by atoms with van der Waals surface area (Å²) in [6.07, 6.45) is 0. The molecule has 1 aromatic heterocycles. The third-order valence-electron chi connectivity index (χ3n) is 6.99. The van der Waals surface area contributed by atoms with Crippen molar-refractivity contribution in [3.8, 4) is 22.3 Å². The monoisotopic (exact) mass is 425 g/mol. The van der Waals surface area contributed by atoms with Crippen molar-refractivity contribution in [2.45, 2.75) is 20.8 Å². The topological polar surface area (TPSA) is 4.93 Å². The molecule has 6 rings (SSSR count). The molecule has 0 atom stereocenters. The van der Waals surface area contributed by atoms with Crippen LogP contribution in [-0.4, -0.2) is 4.57 Å². The number of hydrogen-bond donors (Lipinski definition) is 0. The second-order valence-corrected chi connectivity index (χ2v) is 9.33. The summed E-state index contributed by atoms with van der Waals surface area (Å²) in [6.45, 7) is 6.50. The highest BCUT2D eigenvalue weighted by Crippen LogP contribution is 2.47. The van der Waals surface area contributed by atoms with E-state index in [1.54, 1.807) is 0 Å². The molecule has 33 heavy (non-hydrogen) atoms. The predicted octanol–water partition coefficient (Wildman–Crippen LogP) is 8.74. The van der Waals surface area contributed by atoms with Gasteiger partial charge in [0, 0.05) is 34.3 Å². The molecule has 0 unspecified atom stereocenters. The van der Waals surface area contributed by atoms with Gasteiger partial charge in [-0.05, 0) is 48.9 Å². The second-order valence-electron chi connectivity index (χ2n) is 9.33. The van der Waals surface area contributed by atoms with E-state index in [0.717, 1.165) is 0 Å². The van der Waals surface area contributed by atoms with Crippen LogP contribution in [0.3, 0.4) is 0 Å². The normalized spacial score (nSPS) is 11.6. The van der Waals surface area contributed by atoms with E-state index in [9.17, 15) is 0 Å². The van der Waals surface area contributed by atoms with Crippen LogP contribution in [0, 0.1) is 20.8 Å². The van der Waals surface area contributed by atoms with Crippen molar-refractivity contribution < 1.29 is 0 Å². The number of benzene rings is 5. The van der Waals surface area contributed by atoms with Crippen LogP contribution in [0.2, 0.25) is 0 Å². The molecule has 6 aromatic rings. The summed E-state index contributed by atoms with van der Waals surface area (Å²) < 4.78 is 2.37. The van der Waals surface area contributed by atoms with Crippen LogP contribution in [-0.2, 0) is 7.05 Å². The van der Waals surface area contributed by atoms with E-state index < -0.39 is 0 Å². The van der Waals surface area contributed by atoms with Crippen LogP contribution in [0.5, 0.6) is 0 Å². The van der Waals surface area contributed by atoms with Gasteiger partial charge in [-0.1, -0.05) is 102 Å². The van der Waals surface area contributed by atoms with E-state index >= 15 is 0 Å². The molecule has 0 radical (unpaired) electrons. The summed E-state index contributed by atoms with van der Waals surface area (Å²) in [5.41, 5.74) is 11.6. The molecule has 160 valence electrons. The lowest BCUT2D eigenvalue weighted by atomic mass is 9.85. The number of rotatable bonds is 2. The van der Waals surface area contributed by atoms with Crippen LogP contribution >= 0.6 is 0 Å². The third kappa shape index (κ3) is 3.00. The molecule has 0 spiro atoms. The Hall–Kier alpha value is -3.84. The molecule has 1 nitrogen and oxygen atoms in total. The Morgan fingerprint density at radius 2 is 1.09 bits per heavy atom. The Morgan fingerprint density at radius 3 is 1.76 bits per heavy atom. The second kappa shape index (κ2) is 7.35. The largest absolute Gasteiger partial charge is 0.343 e. The third-order valence-corrected chi connectivity index (χ3v) is 6.99. The Bertz CT molecular complexity index is 1660. The minimum absolute atomic E-state index is 1.26. The van der Waals surface area contributed by atoms with Crippen molar-refractivity contribution in [1.82, 2.24) is 4.57 Å². The summed E-state index contributed by atoms with van der Waals surface area (Å²) in [4.78, 5) is 0. The first-order valence-electron chi connectivity index (χ1n) is 11.6. The molecule has 0 aliphatic carbocycles. The van der Waals surface area contributed by atoms with Gasteiger partial charge < -0.3 is 4.57 Å². The standard InChI is InChI=1S/C32H27N/c1-20-9-14-23(15-10-20)29-27-19-22(3)13-18-25(27)32-31(26-7-5-6-8-28(26)33(32)4)30(29)24-16-11-21(2)12-17-24/h5-19H,1-4H3. The number of nitrogens with zero attached hydrogens (tertiary/aromatic N) is 1. The zero-order valence-corrected chi connectivity index (χ0v) is 19.6. The summed E-state index contributed by atoms with van der Waals surface area (Å²) in [6, 6.07) is 33.7. The molecule has 0 amide bonds. The predicted molar refractivity (Wildman–Crippen MR) is 143 cm³/mol. The van der Waals surface area contributed by atoms with E-state index in [-0.39, 0.29) is 0 Å². The minimum Gasteiger partial charge on any atom is -0.343 e. The van der Waals surface area contributed by atoms with Gasteiger partial charge in [0.25, 0.3) is 0 Å². The first-order valence-corrected chi connectivity index (χ1v) is 11.6. The fourth-order valence-corrected chi connectivity index (χ4v) is 5.32. The lowest BCUT2D eigenvalue weighted by Gasteiger charge is -2.18. The Morgan fingerprint density at radius 1 is 0.515 bits per heavy atom. The zero-order chi connectivity index (χ0) is 22.7. The van der Waals surface area contributed by atoms with E-state index in [0.29, 0.717) is 0 Å². The van der Waals surface area contributed by atoms with Crippen LogP contribution in [0.4, 0.5) is 0 Å². The van der Waals surface area contributed by atoms with Gasteiger partial charge in [-0.3, -0.25) is 0 Å². The SMILES string of the molecule is Cc1ccc(-c2c(-c3ccc(C)cc3)c3c4ccccc4n(C)c3c3ccc(C)cc23)cc1. The number of hydrogen-bond acceptors (Lipinski definition) is 0. The maximum atomic E-state index is 2.37. The Balaban J connectivity index is 1.94. The first-order chi connectivity index (χ1) is 16.0. The van der Waals surface area contributed by atoms with Gasteiger partial charge in [-0.15, -0.1) is 0 Å². The van der Waals surface area contributed by atoms with Crippen LogP contribution in [0.15, 0.2) is 91.0 Å². The quantitative estimate of drug-likeness (QED) is 0.261. The summed E-state index contributed by atoms with van der Waals surface area (Å²) in [7, 11) is 2.20. The molecule has 1 heterocycles.